The maximum atomic E-state index is 12.3. The van der Waals surface area contributed by atoms with Crippen molar-refractivity contribution in [3.05, 3.63) is 83.1 Å². The Bertz CT molecular complexity index is 1120. The number of carbonyl (C=O) groups excluding carboxylic acids is 1. The first-order chi connectivity index (χ1) is 13.6. The number of aromatic nitrogens is 3. The van der Waals surface area contributed by atoms with Crippen LogP contribution in [0.5, 0.6) is 0 Å². The number of hydrogen-bond acceptors (Lipinski definition) is 3. The molecular formula is C22H19ClN4O. The van der Waals surface area contributed by atoms with E-state index in [2.05, 4.69) is 15.4 Å². The van der Waals surface area contributed by atoms with Gasteiger partial charge in [-0.05, 0) is 49.2 Å². The van der Waals surface area contributed by atoms with Crippen LogP contribution in [-0.2, 0) is 11.2 Å². The molecule has 2 aromatic heterocycles. The number of carbonyl (C=O) groups is 1. The molecule has 0 aliphatic rings. The summed E-state index contributed by atoms with van der Waals surface area (Å²) in [6, 6.07) is 19.3. The number of nitrogens with one attached hydrogen (secondary N) is 1. The Morgan fingerprint density at radius 1 is 1.11 bits per heavy atom. The van der Waals surface area contributed by atoms with Gasteiger partial charge in [0, 0.05) is 16.8 Å². The zero-order chi connectivity index (χ0) is 19.5. The zero-order valence-electron chi connectivity index (χ0n) is 15.4. The fourth-order valence-electron chi connectivity index (χ4n) is 3.09. The molecule has 0 radical (unpaired) electrons. The number of hydrogen-bond donors (Lipinski definition) is 1. The smallest absolute Gasteiger partial charge is 0.224 e. The Labute approximate surface area is 168 Å². The summed E-state index contributed by atoms with van der Waals surface area (Å²) in [5.41, 5.74) is 4.33. The average Bonchev–Trinajstić information content (AvgIpc) is 3.04. The highest BCUT2D eigenvalue weighted by Crippen LogP contribution is 2.23. The van der Waals surface area contributed by atoms with Crippen LogP contribution in [0.3, 0.4) is 0 Å². The maximum Gasteiger partial charge on any atom is 0.224 e. The van der Waals surface area contributed by atoms with E-state index in [0.29, 0.717) is 23.6 Å². The van der Waals surface area contributed by atoms with Gasteiger partial charge in [-0.3, -0.25) is 4.79 Å². The van der Waals surface area contributed by atoms with Crippen molar-refractivity contribution in [1.82, 2.24) is 14.8 Å². The molecule has 5 nitrogen and oxygen atoms in total. The summed E-state index contributed by atoms with van der Waals surface area (Å²) in [6.45, 7) is 1.94. The van der Waals surface area contributed by atoms with Crippen molar-refractivity contribution >= 4 is 34.2 Å². The highest BCUT2D eigenvalue weighted by molar-refractivity contribution is 6.30. The lowest BCUT2D eigenvalue weighted by atomic mass is 10.1. The lowest BCUT2D eigenvalue weighted by Crippen LogP contribution is -2.12. The van der Waals surface area contributed by atoms with Crippen LogP contribution in [0.15, 0.2) is 66.9 Å². The molecule has 1 amide bonds. The third-order valence-electron chi connectivity index (χ3n) is 4.55. The van der Waals surface area contributed by atoms with Crippen LogP contribution >= 0.6 is 11.6 Å². The van der Waals surface area contributed by atoms with Gasteiger partial charge in [0.05, 0.1) is 23.3 Å². The van der Waals surface area contributed by atoms with E-state index < -0.39 is 0 Å². The van der Waals surface area contributed by atoms with Gasteiger partial charge in [0.2, 0.25) is 5.91 Å². The van der Waals surface area contributed by atoms with Crippen molar-refractivity contribution in [3.8, 4) is 5.69 Å². The summed E-state index contributed by atoms with van der Waals surface area (Å²) in [6.07, 6.45) is 2.72. The van der Waals surface area contributed by atoms with E-state index in [0.717, 1.165) is 28.0 Å². The summed E-state index contributed by atoms with van der Waals surface area (Å²) < 4.78 is 1.82. The van der Waals surface area contributed by atoms with Gasteiger partial charge in [-0.2, -0.15) is 5.10 Å². The molecule has 0 saturated carbocycles. The van der Waals surface area contributed by atoms with Crippen LogP contribution in [0.4, 0.5) is 5.69 Å². The number of halogens is 1. The predicted molar refractivity (Wildman–Crippen MR) is 112 cm³/mol. The van der Waals surface area contributed by atoms with Gasteiger partial charge in [-0.25, -0.2) is 9.67 Å². The van der Waals surface area contributed by atoms with Crippen molar-refractivity contribution in [1.29, 1.82) is 0 Å². The van der Waals surface area contributed by atoms with Crippen LogP contribution < -0.4 is 5.32 Å². The van der Waals surface area contributed by atoms with Crippen molar-refractivity contribution in [2.24, 2.45) is 0 Å². The maximum absolute atomic E-state index is 12.3. The molecule has 0 saturated heterocycles. The molecule has 2 aromatic carbocycles. The van der Waals surface area contributed by atoms with Gasteiger partial charge in [0.15, 0.2) is 5.65 Å². The monoisotopic (exact) mass is 390 g/mol. The van der Waals surface area contributed by atoms with Gasteiger partial charge < -0.3 is 5.32 Å². The molecule has 0 fully saturated rings. The van der Waals surface area contributed by atoms with Gasteiger partial charge in [0.25, 0.3) is 0 Å². The fourth-order valence-corrected chi connectivity index (χ4v) is 3.22. The van der Waals surface area contributed by atoms with E-state index in [1.807, 2.05) is 72.3 Å². The first-order valence-electron chi connectivity index (χ1n) is 9.05. The Kier molecular flexibility index (Phi) is 5.08. The summed E-state index contributed by atoms with van der Waals surface area (Å²) in [5.74, 6) is -0.0517. The summed E-state index contributed by atoms with van der Waals surface area (Å²) >= 11 is 5.89. The number of nitrogens with zero attached hydrogens (tertiary/aromatic N) is 3. The molecule has 0 bridgehead atoms. The van der Waals surface area contributed by atoms with Gasteiger partial charge >= 0.3 is 0 Å². The van der Waals surface area contributed by atoms with E-state index in [4.69, 9.17) is 11.6 Å². The number of anilines is 1. The van der Waals surface area contributed by atoms with E-state index in [1.165, 1.54) is 0 Å². The van der Waals surface area contributed by atoms with Gasteiger partial charge in [-0.1, -0.05) is 41.9 Å². The molecular weight excluding hydrogens is 372 g/mol. The molecule has 1 N–H and O–H groups in total. The Morgan fingerprint density at radius 2 is 1.86 bits per heavy atom. The normalized spacial score (nSPS) is 10.9. The van der Waals surface area contributed by atoms with Crippen LogP contribution in [0, 0.1) is 6.92 Å². The topological polar surface area (TPSA) is 59.8 Å². The summed E-state index contributed by atoms with van der Waals surface area (Å²) in [5, 5.41) is 9.13. The van der Waals surface area contributed by atoms with Crippen molar-refractivity contribution in [2.75, 3.05) is 5.32 Å². The minimum Gasteiger partial charge on any atom is -0.325 e. The van der Waals surface area contributed by atoms with Crippen LogP contribution in [0.1, 0.15) is 17.7 Å². The highest BCUT2D eigenvalue weighted by atomic mass is 35.5. The second-order valence-corrected chi connectivity index (χ2v) is 7.04. The SMILES string of the molecule is Cc1nn(-c2ccccc2)c2ncc(NC(=O)CCc3ccc(Cl)cc3)cc12. The predicted octanol–water partition coefficient (Wildman–Crippen LogP) is 4.95. The largest absolute Gasteiger partial charge is 0.325 e. The second-order valence-electron chi connectivity index (χ2n) is 6.60. The van der Waals surface area contributed by atoms with Gasteiger partial charge in [0.1, 0.15) is 0 Å². The molecule has 0 aliphatic carbocycles. The molecule has 4 rings (SSSR count). The lowest BCUT2D eigenvalue weighted by molar-refractivity contribution is -0.116. The standard InChI is InChI=1S/C22H19ClN4O/c1-15-20-13-18(25-21(28)12-9-16-7-10-17(23)11-8-16)14-24-22(20)27(26-15)19-5-3-2-4-6-19/h2-8,10-11,13-14H,9,12H2,1H3,(H,25,28). The third kappa shape index (κ3) is 3.89. The van der Waals surface area contributed by atoms with E-state index in [9.17, 15) is 4.79 Å². The van der Waals surface area contributed by atoms with Crippen molar-refractivity contribution < 1.29 is 4.79 Å². The molecule has 2 heterocycles. The zero-order valence-corrected chi connectivity index (χ0v) is 16.1. The number of pyridine rings is 1. The molecule has 4 aromatic rings. The fraction of sp³-hybridized carbons (Fsp3) is 0.136. The van der Waals surface area contributed by atoms with Crippen LogP contribution in [0.2, 0.25) is 5.02 Å². The molecule has 6 heteroatoms. The number of benzene rings is 2. The highest BCUT2D eigenvalue weighted by Gasteiger charge is 2.12. The Morgan fingerprint density at radius 3 is 2.61 bits per heavy atom. The molecule has 140 valence electrons. The molecule has 28 heavy (non-hydrogen) atoms. The first-order valence-corrected chi connectivity index (χ1v) is 9.43. The number of rotatable bonds is 5. The van der Waals surface area contributed by atoms with Crippen molar-refractivity contribution in [3.63, 3.8) is 0 Å². The van der Waals surface area contributed by atoms with Crippen LogP contribution in [0.25, 0.3) is 16.7 Å². The minimum atomic E-state index is -0.0517. The minimum absolute atomic E-state index is 0.0517. The van der Waals surface area contributed by atoms with Crippen LogP contribution in [-0.4, -0.2) is 20.7 Å². The quantitative estimate of drug-likeness (QED) is 0.524. The van der Waals surface area contributed by atoms with E-state index in [-0.39, 0.29) is 5.91 Å². The average molecular weight is 391 g/mol. The lowest BCUT2D eigenvalue weighted by Gasteiger charge is -2.06. The molecule has 0 aliphatic heterocycles. The van der Waals surface area contributed by atoms with Gasteiger partial charge in [-0.15, -0.1) is 0 Å². The number of amides is 1. The summed E-state index contributed by atoms with van der Waals surface area (Å²) in [4.78, 5) is 16.8. The second kappa shape index (κ2) is 7.82. The number of fused-ring (bicyclic) bond motifs is 1. The summed E-state index contributed by atoms with van der Waals surface area (Å²) in [7, 11) is 0. The number of aryl methyl sites for hydroxylation is 2. The first kappa shape index (κ1) is 18.2. The molecule has 0 unspecified atom stereocenters. The van der Waals surface area contributed by atoms with Crippen molar-refractivity contribution in [2.45, 2.75) is 19.8 Å². The Hall–Kier alpha value is -3.18. The van der Waals surface area contributed by atoms with E-state index >= 15 is 0 Å². The Balaban J connectivity index is 1.49. The molecule has 0 spiro atoms. The number of para-hydroxylation sites is 1. The third-order valence-corrected chi connectivity index (χ3v) is 4.80. The molecule has 0 atom stereocenters. The van der Waals surface area contributed by atoms with E-state index in [1.54, 1.807) is 6.20 Å².